The summed E-state index contributed by atoms with van der Waals surface area (Å²) in [5.41, 5.74) is 1.18. The van der Waals surface area contributed by atoms with Crippen LogP contribution in [0, 0.1) is 0 Å². The van der Waals surface area contributed by atoms with E-state index in [4.69, 9.17) is 4.74 Å². The minimum atomic E-state index is -0.478. The van der Waals surface area contributed by atoms with E-state index in [0.29, 0.717) is 43.8 Å². The van der Waals surface area contributed by atoms with Crippen LogP contribution in [-0.2, 0) is 14.3 Å². The smallest absolute Gasteiger partial charge is 0.254 e. The second-order valence-electron chi connectivity index (χ2n) is 6.16. The summed E-state index contributed by atoms with van der Waals surface area (Å²) in [6, 6.07) is 6.32. The molecule has 0 aromatic heterocycles. The summed E-state index contributed by atoms with van der Waals surface area (Å²) in [4.78, 5) is 37.4. The van der Waals surface area contributed by atoms with E-state index in [9.17, 15) is 14.4 Å². The topological polar surface area (TPSA) is 87.7 Å². The van der Waals surface area contributed by atoms with E-state index in [1.54, 1.807) is 29.2 Å². The molecule has 0 radical (unpaired) electrons. The summed E-state index contributed by atoms with van der Waals surface area (Å²) in [6.45, 7) is 3.66. The molecule has 128 valence electrons. The van der Waals surface area contributed by atoms with Crippen molar-refractivity contribution >= 4 is 23.4 Å². The summed E-state index contributed by atoms with van der Waals surface area (Å²) in [6.07, 6.45) is 0.933. The van der Waals surface area contributed by atoms with Crippen molar-refractivity contribution in [3.8, 4) is 0 Å². The maximum atomic E-state index is 12.5. The molecule has 0 aliphatic carbocycles. The molecule has 0 bridgehead atoms. The lowest BCUT2D eigenvalue weighted by atomic mass is 10.1. The van der Waals surface area contributed by atoms with Crippen LogP contribution in [0.5, 0.6) is 0 Å². The van der Waals surface area contributed by atoms with Crippen LogP contribution in [0.2, 0.25) is 0 Å². The molecular weight excluding hydrogens is 310 g/mol. The monoisotopic (exact) mass is 331 g/mol. The van der Waals surface area contributed by atoms with Crippen LogP contribution in [0.4, 0.5) is 5.69 Å². The Bertz CT molecular complexity index is 644. The third-order valence-electron chi connectivity index (χ3n) is 4.24. The van der Waals surface area contributed by atoms with Gasteiger partial charge in [-0.25, -0.2) is 0 Å². The zero-order valence-corrected chi connectivity index (χ0v) is 13.6. The number of carbonyl (C=O) groups is 3. The fourth-order valence-electron chi connectivity index (χ4n) is 2.92. The normalized spacial score (nSPS) is 23.7. The predicted molar refractivity (Wildman–Crippen MR) is 87.6 cm³/mol. The second kappa shape index (κ2) is 7.00. The number of morpholine rings is 1. The molecule has 2 unspecified atom stereocenters. The summed E-state index contributed by atoms with van der Waals surface area (Å²) < 4.78 is 5.44. The molecule has 2 heterocycles. The third-order valence-corrected chi connectivity index (χ3v) is 4.24. The van der Waals surface area contributed by atoms with Crippen molar-refractivity contribution in [3.05, 3.63) is 29.8 Å². The molecule has 24 heavy (non-hydrogen) atoms. The lowest BCUT2D eigenvalue weighted by molar-refractivity contribution is -0.122. The first-order chi connectivity index (χ1) is 11.5. The van der Waals surface area contributed by atoms with E-state index in [1.165, 1.54) is 0 Å². The highest BCUT2D eigenvalue weighted by Crippen LogP contribution is 2.15. The van der Waals surface area contributed by atoms with Crippen LogP contribution >= 0.6 is 0 Å². The minimum absolute atomic E-state index is 0.0360. The van der Waals surface area contributed by atoms with Crippen LogP contribution in [-0.4, -0.2) is 54.5 Å². The fourth-order valence-corrected chi connectivity index (χ4v) is 2.92. The van der Waals surface area contributed by atoms with Crippen LogP contribution in [0.3, 0.4) is 0 Å². The Morgan fingerprint density at radius 1 is 1.29 bits per heavy atom. The molecule has 2 saturated heterocycles. The number of hydrogen-bond acceptors (Lipinski definition) is 4. The second-order valence-corrected chi connectivity index (χ2v) is 6.16. The first kappa shape index (κ1) is 16.4. The van der Waals surface area contributed by atoms with Crippen LogP contribution in [0.25, 0.3) is 0 Å². The maximum absolute atomic E-state index is 12.5. The van der Waals surface area contributed by atoms with Crippen molar-refractivity contribution in [2.24, 2.45) is 0 Å². The van der Waals surface area contributed by atoms with Gasteiger partial charge in [-0.15, -0.1) is 0 Å². The van der Waals surface area contributed by atoms with Crippen molar-refractivity contribution in [2.75, 3.05) is 25.0 Å². The first-order valence-electron chi connectivity index (χ1n) is 8.14. The summed E-state index contributed by atoms with van der Waals surface area (Å²) in [5.74, 6) is -0.371. The predicted octanol–water partition coefficient (Wildman–Crippen LogP) is 0.765. The molecule has 3 amide bonds. The molecule has 2 N–H and O–H groups in total. The number of ether oxygens (including phenoxy) is 1. The summed E-state index contributed by atoms with van der Waals surface area (Å²) in [5, 5.41) is 5.39. The average molecular weight is 331 g/mol. The SMILES string of the molecule is CC1CN(C(=O)c2ccc(NC(=O)C3CCC(=O)N3)cc2)CCO1. The zero-order valence-electron chi connectivity index (χ0n) is 13.6. The Morgan fingerprint density at radius 2 is 2.04 bits per heavy atom. The van der Waals surface area contributed by atoms with Crippen molar-refractivity contribution in [1.29, 1.82) is 0 Å². The number of anilines is 1. The van der Waals surface area contributed by atoms with Gasteiger partial charge in [0.05, 0.1) is 12.7 Å². The van der Waals surface area contributed by atoms with E-state index in [-0.39, 0.29) is 23.8 Å². The molecule has 7 heteroatoms. The molecule has 0 spiro atoms. The van der Waals surface area contributed by atoms with Gasteiger partial charge in [0, 0.05) is 30.8 Å². The van der Waals surface area contributed by atoms with Gasteiger partial charge in [-0.1, -0.05) is 0 Å². The van der Waals surface area contributed by atoms with Crippen LogP contribution in [0.1, 0.15) is 30.1 Å². The zero-order chi connectivity index (χ0) is 17.1. The van der Waals surface area contributed by atoms with Gasteiger partial charge >= 0.3 is 0 Å². The van der Waals surface area contributed by atoms with Crippen molar-refractivity contribution in [3.63, 3.8) is 0 Å². The Hall–Kier alpha value is -2.41. The van der Waals surface area contributed by atoms with Crippen molar-refractivity contribution < 1.29 is 19.1 Å². The van der Waals surface area contributed by atoms with Gasteiger partial charge in [-0.3, -0.25) is 14.4 Å². The van der Waals surface area contributed by atoms with Gasteiger partial charge in [0.2, 0.25) is 11.8 Å². The van der Waals surface area contributed by atoms with Gasteiger partial charge < -0.3 is 20.3 Å². The third kappa shape index (κ3) is 3.73. The van der Waals surface area contributed by atoms with E-state index >= 15 is 0 Å². The van der Waals surface area contributed by atoms with Gasteiger partial charge in [-0.2, -0.15) is 0 Å². The average Bonchev–Trinajstić information content (AvgIpc) is 3.01. The molecule has 7 nitrogen and oxygen atoms in total. The quantitative estimate of drug-likeness (QED) is 0.856. The molecule has 2 atom stereocenters. The molecule has 1 aromatic carbocycles. The Balaban J connectivity index is 1.59. The maximum Gasteiger partial charge on any atom is 0.254 e. The standard InChI is InChI=1S/C17H21N3O4/c1-11-10-20(8-9-24-11)17(23)12-2-4-13(5-3-12)18-16(22)14-6-7-15(21)19-14/h2-5,11,14H,6-10H2,1H3,(H,18,22)(H,19,21). The van der Waals surface area contributed by atoms with E-state index in [1.807, 2.05) is 6.92 Å². The molecule has 3 rings (SSSR count). The highest BCUT2D eigenvalue weighted by Gasteiger charge is 2.27. The molecule has 1 aromatic rings. The number of rotatable bonds is 3. The van der Waals surface area contributed by atoms with Gasteiger partial charge in [0.15, 0.2) is 0 Å². The van der Waals surface area contributed by atoms with E-state index in [2.05, 4.69) is 10.6 Å². The van der Waals surface area contributed by atoms with Crippen LogP contribution < -0.4 is 10.6 Å². The summed E-state index contributed by atoms with van der Waals surface area (Å²) >= 11 is 0. The Morgan fingerprint density at radius 3 is 2.67 bits per heavy atom. The summed E-state index contributed by atoms with van der Waals surface area (Å²) in [7, 11) is 0. The largest absolute Gasteiger partial charge is 0.375 e. The Kier molecular flexibility index (Phi) is 4.80. The number of hydrogen-bond donors (Lipinski definition) is 2. The van der Waals surface area contributed by atoms with E-state index < -0.39 is 6.04 Å². The highest BCUT2D eigenvalue weighted by molar-refractivity contribution is 5.99. The van der Waals surface area contributed by atoms with Gasteiger partial charge in [-0.05, 0) is 37.6 Å². The van der Waals surface area contributed by atoms with E-state index in [0.717, 1.165) is 0 Å². The molecule has 2 fully saturated rings. The lowest BCUT2D eigenvalue weighted by Crippen LogP contribution is -2.44. The highest BCUT2D eigenvalue weighted by atomic mass is 16.5. The Labute approximate surface area is 140 Å². The minimum Gasteiger partial charge on any atom is -0.375 e. The number of nitrogens with zero attached hydrogens (tertiary/aromatic N) is 1. The molecule has 0 saturated carbocycles. The van der Waals surface area contributed by atoms with Gasteiger partial charge in [0.25, 0.3) is 5.91 Å². The molecular formula is C17H21N3O4. The van der Waals surface area contributed by atoms with Crippen molar-refractivity contribution in [2.45, 2.75) is 31.9 Å². The number of carbonyl (C=O) groups excluding carboxylic acids is 3. The van der Waals surface area contributed by atoms with Gasteiger partial charge in [0.1, 0.15) is 6.04 Å². The number of benzene rings is 1. The number of amides is 3. The van der Waals surface area contributed by atoms with Crippen LogP contribution in [0.15, 0.2) is 24.3 Å². The first-order valence-corrected chi connectivity index (χ1v) is 8.14. The lowest BCUT2D eigenvalue weighted by Gasteiger charge is -2.31. The molecule has 2 aliphatic heterocycles. The molecule has 2 aliphatic rings. The fraction of sp³-hybridized carbons (Fsp3) is 0.471. The number of nitrogens with one attached hydrogen (secondary N) is 2. The van der Waals surface area contributed by atoms with Crippen molar-refractivity contribution in [1.82, 2.24) is 10.2 Å².